The molecule has 0 saturated heterocycles. The lowest BCUT2D eigenvalue weighted by molar-refractivity contribution is 0.497. The van der Waals surface area contributed by atoms with E-state index < -0.39 is 0 Å². The number of benzene rings is 3. The summed E-state index contributed by atoms with van der Waals surface area (Å²) in [6.07, 6.45) is 0. The molecule has 0 fully saturated rings. The molecule has 7 aromatic rings. The van der Waals surface area contributed by atoms with E-state index in [9.17, 15) is 9.59 Å². The second-order valence-corrected chi connectivity index (χ2v) is 10.2. The molecule has 36 heavy (non-hydrogen) atoms. The van der Waals surface area contributed by atoms with Gasteiger partial charge in [-0.05, 0) is 83.6 Å². The number of hydrogen-bond donors (Lipinski definition) is 2. The molecule has 2 N–H and O–H groups in total. The largest absolute Gasteiger partial charge is 0.447 e. The van der Waals surface area contributed by atoms with E-state index in [-0.39, 0.29) is 10.9 Å². The maximum absolute atomic E-state index is 13.5. The summed E-state index contributed by atoms with van der Waals surface area (Å²) in [5.74, 6) is 1.19. The molecular weight excluding hydrogens is 492 g/mol. The zero-order valence-electron chi connectivity index (χ0n) is 18.5. The van der Waals surface area contributed by atoms with Gasteiger partial charge in [0.05, 0.1) is 22.1 Å². The highest BCUT2D eigenvalue weighted by Gasteiger charge is 2.13. The molecule has 4 heterocycles. The Bertz CT molecular complexity index is 1890. The zero-order chi connectivity index (χ0) is 24.2. The lowest BCUT2D eigenvalue weighted by Gasteiger charge is -2.09. The van der Waals surface area contributed by atoms with Crippen LogP contribution in [0, 0.1) is 0 Å². The maximum Gasteiger partial charge on any atom is 0.197 e. The molecule has 6 nitrogen and oxygen atoms in total. The minimum absolute atomic E-state index is 0.127. The summed E-state index contributed by atoms with van der Waals surface area (Å²) >= 11 is 2.97. The van der Waals surface area contributed by atoms with Crippen molar-refractivity contribution < 1.29 is 9.47 Å². The highest BCUT2D eigenvalue weighted by Crippen LogP contribution is 2.30. The summed E-state index contributed by atoms with van der Waals surface area (Å²) in [6, 6.07) is 21.8. The van der Waals surface area contributed by atoms with Gasteiger partial charge >= 0.3 is 0 Å². The van der Waals surface area contributed by atoms with Crippen LogP contribution in [0.3, 0.4) is 0 Å². The van der Waals surface area contributed by atoms with Gasteiger partial charge in [0, 0.05) is 21.5 Å². The van der Waals surface area contributed by atoms with Gasteiger partial charge in [-0.2, -0.15) is 0 Å². The van der Waals surface area contributed by atoms with Crippen molar-refractivity contribution in [2.24, 2.45) is 0 Å². The molecule has 0 unspecified atom stereocenters. The van der Waals surface area contributed by atoms with Gasteiger partial charge in [-0.3, -0.25) is 9.59 Å². The first-order valence-electron chi connectivity index (χ1n) is 11.1. The number of pyridine rings is 2. The molecule has 0 saturated carbocycles. The molecule has 0 aliphatic rings. The molecule has 174 valence electrons. The van der Waals surface area contributed by atoms with Gasteiger partial charge in [0.15, 0.2) is 21.0 Å². The van der Waals surface area contributed by atoms with Crippen LogP contribution in [-0.2, 0) is 0 Å². The van der Waals surface area contributed by atoms with E-state index in [1.807, 2.05) is 59.3 Å². The van der Waals surface area contributed by atoms with Crippen molar-refractivity contribution in [3.05, 3.63) is 104 Å². The first-order valence-corrected chi connectivity index (χ1v) is 12.9. The Morgan fingerprint density at radius 1 is 0.528 bits per heavy atom. The minimum Gasteiger partial charge on any atom is -0.447 e. The van der Waals surface area contributed by atoms with Crippen molar-refractivity contribution >= 4 is 66.3 Å². The molecule has 4 aromatic heterocycles. The van der Waals surface area contributed by atoms with E-state index in [0.29, 0.717) is 55.1 Å². The molecule has 0 aliphatic carbocycles. The molecule has 0 atom stereocenters. The summed E-state index contributed by atoms with van der Waals surface area (Å²) < 4.78 is 11.8. The summed E-state index contributed by atoms with van der Waals surface area (Å²) in [7, 11) is 0. The van der Waals surface area contributed by atoms with E-state index in [0.717, 1.165) is 10.1 Å². The lowest BCUT2D eigenvalue weighted by atomic mass is 10.0. The summed E-state index contributed by atoms with van der Waals surface area (Å²) in [5.41, 5.74) is 2.30. The molecule has 3 aromatic carbocycles. The van der Waals surface area contributed by atoms with Crippen LogP contribution in [0.15, 0.2) is 93.1 Å². The van der Waals surface area contributed by atoms with Crippen LogP contribution in [0.4, 0.5) is 0 Å². The topological polar surface area (TPSA) is 84.2 Å². The van der Waals surface area contributed by atoms with Gasteiger partial charge in [0.2, 0.25) is 0 Å². The summed E-state index contributed by atoms with van der Waals surface area (Å²) in [4.78, 5) is 33.5. The van der Waals surface area contributed by atoms with Crippen LogP contribution in [0.5, 0.6) is 21.6 Å². The summed E-state index contributed by atoms with van der Waals surface area (Å²) in [5, 5.41) is 7.42. The van der Waals surface area contributed by atoms with Crippen LogP contribution in [0.2, 0.25) is 0 Å². The Kier molecular flexibility index (Phi) is 4.70. The molecule has 0 radical (unpaired) electrons. The van der Waals surface area contributed by atoms with Crippen LogP contribution < -0.4 is 20.3 Å². The van der Waals surface area contributed by atoms with Crippen molar-refractivity contribution in [3.8, 4) is 21.6 Å². The number of H-pyrrole nitrogens is 2. The van der Waals surface area contributed by atoms with Crippen molar-refractivity contribution in [1.82, 2.24) is 9.97 Å². The fourth-order valence-corrected chi connectivity index (χ4v) is 5.59. The first-order chi connectivity index (χ1) is 17.6. The third kappa shape index (κ3) is 3.46. The van der Waals surface area contributed by atoms with E-state index in [1.54, 1.807) is 24.3 Å². The van der Waals surface area contributed by atoms with E-state index in [1.165, 1.54) is 22.7 Å². The molecule has 0 bridgehead atoms. The van der Waals surface area contributed by atoms with E-state index >= 15 is 0 Å². The molecule has 8 heteroatoms. The number of ether oxygens (including phenoxy) is 2. The van der Waals surface area contributed by atoms with Crippen molar-refractivity contribution in [3.63, 3.8) is 0 Å². The molecular formula is C28H16N2O4S2. The molecule has 0 spiro atoms. The Balaban J connectivity index is 1.39. The summed E-state index contributed by atoms with van der Waals surface area (Å²) in [6.45, 7) is 0. The number of thiophene rings is 2. The highest BCUT2D eigenvalue weighted by atomic mass is 32.1. The Morgan fingerprint density at radius 3 is 1.39 bits per heavy atom. The van der Waals surface area contributed by atoms with Gasteiger partial charge in [-0.15, -0.1) is 22.7 Å². The Morgan fingerprint density at radius 2 is 0.972 bits per heavy atom. The second-order valence-electron chi connectivity index (χ2n) is 8.33. The fourth-order valence-electron chi connectivity index (χ4n) is 4.41. The predicted molar refractivity (Wildman–Crippen MR) is 146 cm³/mol. The third-order valence-corrected chi connectivity index (χ3v) is 7.57. The van der Waals surface area contributed by atoms with Crippen LogP contribution >= 0.6 is 22.7 Å². The number of fused-ring (bicyclic) bond motifs is 4. The van der Waals surface area contributed by atoms with Crippen molar-refractivity contribution in [2.45, 2.75) is 0 Å². The van der Waals surface area contributed by atoms with Crippen molar-refractivity contribution in [1.29, 1.82) is 0 Å². The van der Waals surface area contributed by atoms with E-state index in [2.05, 4.69) is 9.97 Å². The Hall–Kier alpha value is -4.40. The number of rotatable bonds is 4. The number of nitrogens with one attached hydrogen (secondary N) is 2. The van der Waals surface area contributed by atoms with Crippen LogP contribution in [-0.4, -0.2) is 9.97 Å². The molecule has 0 aliphatic heterocycles. The lowest BCUT2D eigenvalue weighted by Crippen LogP contribution is -2.08. The second kappa shape index (κ2) is 8.08. The smallest absolute Gasteiger partial charge is 0.197 e. The van der Waals surface area contributed by atoms with Crippen LogP contribution in [0.1, 0.15) is 0 Å². The van der Waals surface area contributed by atoms with Gasteiger partial charge in [-0.1, -0.05) is 0 Å². The van der Waals surface area contributed by atoms with Gasteiger partial charge in [0.1, 0.15) is 11.5 Å². The minimum atomic E-state index is -0.127. The average Bonchev–Trinajstić information content (AvgIpc) is 3.59. The van der Waals surface area contributed by atoms with Crippen LogP contribution in [0.25, 0.3) is 43.6 Å². The highest BCUT2D eigenvalue weighted by molar-refractivity contribution is 7.12. The normalized spacial score (nSPS) is 11.6. The first kappa shape index (κ1) is 20.9. The molecule has 7 rings (SSSR count). The average molecular weight is 509 g/mol. The zero-order valence-corrected chi connectivity index (χ0v) is 20.2. The monoisotopic (exact) mass is 508 g/mol. The quantitative estimate of drug-likeness (QED) is 0.243. The number of aromatic amines is 2. The Labute approximate surface area is 211 Å². The standard InChI is InChI=1S/C28H16N2O4S2/c31-27-17-11-15(33-25-3-1-9-35-25)5-7-21(17)29-23-14-20-24(13-19(23)27)30-22-8-6-16(12-18(22)28(20)32)34-26-4-2-10-36-26/h1-14H,(H,29,31)(H,30,32). The number of aromatic nitrogens is 2. The van der Waals surface area contributed by atoms with Crippen molar-refractivity contribution in [2.75, 3.05) is 0 Å². The maximum atomic E-state index is 13.5. The van der Waals surface area contributed by atoms with Gasteiger partial charge in [0.25, 0.3) is 0 Å². The predicted octanol–water partition coefficient (Wildman–Crippen LogP) is 7.38. The molecule has 0 amide bonds. The fraction of sp³-hybridized carbons (Fsp3) is 0. The van der Waals surface area contributed by atoms with Gasteiger partial charge in [-0.25, -0.2) is 0 Å². The number of hydrogen-bond acceptors (Lipinski definition) is 6. The van der Waals surface area contributed by atoms with Gasteiger partial charge < -0.3 is 19.4 Å². The third-order valence-electron chi connectivity index (χ3n) is 6.08. The van der Waals surface area contributed by atoms with E-state index in [4.69, 9.17) is 9.47 Å². The SMILES string of the molecule is O=c1c2cc(Oc3cccs3)ccc2[nH]c2cc3c(=O)c4cc(Oc5cccs5)ccc4[nH]c3cc12.